The molecule has 0 fully saturated rings. The van der Waals surface area contributed by atoms with Gasteiger partial charge >= 0.3 is 0 Å². The van der Waals surface area contributed by atoms with Crippen LogP contribution < -0.4 is 4.74 Å². The van der Waals surface area contributed by atoms with Crippen LogP contribution in [0.2, 0.25) is 0 Å². The Kier molecular flexibility index (Phi) is 2.51. The van der Waals surface area contributed by atoms with E-state index in [0.29, 0.717) is 0 Å². The molecule has 4 heteroatoms. The van der Waals surface area contributed by atoms with Gasteiger partial charge in [-0.3, -0.25) is 0 Å². The van der Waals surface area contributed by atoms with Crippen molar-refractivity contribution in [3.63, 3.8) is 0 Å². The number of ether oxygens (including phenoxy) is 1. The Hall–Kier alpha value is -2.75. The molecule has 104 valence electrons. The van der Waals surface area contributed by atoms with E-state index in [4.69, 9.17) is 4.74 Å². The number of hydrogen-bond acceptors (Lipinski definition) is 2. The summed E-state index contributed by atoms with van der Waals surface area (Å²) in [5, 5.41) is 1.14. The number of nitrogens with one attached hydrogen (secondary N) is 1. The molecule has 21 heavy (non-hydrogen) atoms. The van der Waals surface area contributed by atoms with Gasteiger partial charge < -0.3 is 14.1 Å². The normalized spacial score (nSPS) is 11.3. The van der Waals surface area contributed by atoms with E-state index >= 15 is 0 Å². The van der Waals surface area contributed by atoms with Gasteiger partial charge in [-0.1, -0.05) is 0 Å². The summed E-state index contributed by atoms with van der Waals surface area (Å²) in [5.74, 6) is 0.862. The van der Waals surface area contributed by atoms with Gasteiger partial charge in [0.25, 0.3) is 0 Å². The predicted molar refractivity (Wildman–Crippen MR) is 83.8 cm³/mol. The number of rotatable bonds is 2. The van der Waals surface area contributed by atoms with Crippen LogP contribution in [0.4, 0.5) is 0 Å². The molecule has 0 amide bonds. The number of aromatic amines is 1. The molecule has 0 spiro atoms. The Balaban J connectivity index is 1.91. The summed E-state index contributed by atoms with van der Waals surface area (Å²) < 4.78 is 7.26. The number of pyridine rings is 1. The number of methoxy groups -OCH3 is 1. The topological polar surface area (TPSA) is 42.3 Å². The number of hydrogen-bond donors (Lipinski definition) is 1. The maximum atomic E-state index is 5.20. The molecule has 0 bridgehead atoms. The molecule has 1 aromatic carbocycles. The largest absolute Gasteiger partial charge is 0.497 e. The van der Waals surface area contributed by atoms with E-state index in [9.17, 15) is 0 Å². The van der Waals surface area contributed by atoms with Gasteiger partial charge in [0, 0.05) is 23.5 Å². The molecule has 0 aliphatic heterocycles. The number of nitrogens with zero attached hydrogens (tertiary/aromatic N) is 2. The van der Waals surface area contributed by atoms with Gasteiger partial charge in [-0.05, 0) is 48.9 Å². The minimum Gasteiger partial charge on any atom is -0.497 e. The lowest BCUT2D eigenvalue weighted by molar-refractivity contribution is 0.415. The summed E-state index contributed by atoms with van der Waals surface area (Å²) in [4.78, 5) is 8.06. The lowest BCUT2D eigenvalue weighted by Gasteiger charge is -2.01. The fraction of sp³-hybridized carbons (Fsp3) is 0.118. The van der Waals surface area contributed by atoms with Crippen LogP contribution in [0.25, 0.3) is 27.8 Å². The first-order chi connectivity index (χ1) is 10.2. The standard InChI is InChI=1S/C17H15N3O/c1-11-10-20-8-7-15-14(17(20)18-11)9-16(19-15)12-3-5-13(21-2)6-4-12/h3-10,19H,1-2H3. The molecule has 0 aliphatic carbocycles. The first-order valence-corrected chi connectivity index (χ1v) is 6.86. The molecule has 0 radical (unpaired) electrons. The predicted octanol–water partition coefficient (Wildman–Crippen LogP) is 3.80. The van der Waals surface area contributed by atoms with Crippen LogP contribution >= 0.6 is 0 Å². The van der Waals surface area contributed by atoms with E-state index in [2.05, 4.69) is 38.6 Å². The molecule has 3 heterocycles. The van der Waals surface area contributed by atoms with Crippen molar-refractivity contribution < 1.29 is 4.74 Å². The van der Waals surface area contributed by atoms with E-state index in [1.807, 2.05) is 31.5 Å². The highest BCUT2D eigenvalue weighted by Crippen LogP contribution is 2.27. The Labute approximate surface area is 122 Å². The minimum absolute atomic E-state index is 0.862. The molecule has 1 N–H and O–H groups in total. The van der Waals surface area contributed by atoms with Crippen molar-refractivity contribution in [3.05, 3.63) is 54.5 Å². The zero-order chi connectivity index (χ0) is 14.4. The Morgan fingerprint density at radius 2 is 1.95 bits per heavy atom. The van der Waals surface area contributed by atoms with Crippen molar-refractivity contribution in [2.75, 3.05) is 7.11 Å². The third kappa shape index (κ3) is 1.88. The molecule has 4 aromatic rings. The van der Waals surface area contributed by atoms with E-state index in [1.165, 1.54) is 0 Å². The highest BCUT2D eigenvalue weighted by Gasteiger charge is 2.08. The van der Waals surface area contributed by atoms with Crippen LogP contribution in [0.3, 0.4) is 0 Å². The number of benzene rings is 1. The van der Waals surface area contributed by atoms with E-state index in [0.717, 1.165) is 39.3 Å². The van der Waals surface area contributed by atoms with E-state index in [-0.39, 0.29) is 0 Å². The molecule has 0 saturated carbocycles. The minimum atomic E-state index is 0.862. The molecular weight excluding hydrogens is 262 g/mol. The molecule has 0 unspecified atom stereocenters. The zero-order valence-electron chi connectivity index (χ0n) is 11.9. The van der Waals surface area contributed by atoms with Gasteiger partial charge in [-0.25, -0.2) is 4.98 Å². The molecule has 0 atom stereocenters. The fourth-order valence-electron chi connectivity index (χ4n) is 2.70. The summed E-state index contributed by atoms with van der Waals surface area (Å²) in [6.45, 7) is 2.01. The van der Waals surface area contributed by atoms with Gasteiger partial charge in [-0.15, -0.1) is 0 Å². The number of fused-ring (bicyclic) bond motifs is 3. The average molecular weight is 277 g/mol. The van der Waals surface area contributed by atoms with Gasteiger partial charge in [0.1, 0.15) is 11.4 Å². The fourth-order valence-corrected chi connectivity index (χ4v) is 2.70. The van der Waals surface area contributed by atoms with Crippen molar-refractivity contribution in [1.29, 1.82) is 0 Å². The number of aryl methyl sites for hydroxylation is 1. The Morgan fingerprint density at radius 1 is 1.14 bits per heavy atom. The van der Waals surface area contributed by atoms with Crippen LogP contribution in [0, 0.1) is 6.92 Å². The van der Waals surface area contributed by atoms with Gasteiger partial charge in [0.15, 0.2) is 0 Å². The summed E-state index contributed by atoms with van der Waals surface area (Å²) in [6, 6.07) is 12.3. The van der Waals surface area contributed by atoms with E-state index < -0.39 is 0 Å². The summed E-state index contributed by atoms with van der Waals surface area (Å²) >= 11 is 0. The molecule has 3 aromatic heterocycles. The zero-order valence-corrected chi connectivity index (χ0v) is 11.9. The lowest BCUT2D eigenvalue weighted by atomic mass is 10.1. The second-order valence-corrected chi connectivity index (χ2v) is 5.17. The van der Waals surface area contributed by atoms with Gasteiger partial charge in [-0.2, -0.15) is 0 Å². The van der Waals surface area contributed by atoms with Gasteiger partial charge in [0.05, 0.1) is 18.3 Å². The number of imidazole rings is 1. The third-order valence-electron chi connectivity index (χ3n) is 3.74. The van der Waals surface area contributed by atoms with Crippen molar-refractivity contribution in [2.24, 2.45) is 0 Å². The molecule has 0 aliphatic rings. The van der Waals surface area contributed by atoms with Gasteiger partial charge in [0.2, 0.25) is 0 Å². The first-order valence-electron chi connectivity index (χ1n) is 6.86. The smallest absolute Gasteiger partial charge is 0.146 e. The first kappa shape index (κ1) is 12.0. The quantitative estimate of drug-likeness (QED) is 0.605. The van der Waals surface area contributed by atoms with E-state index in [1.54, 1.807) is 7.11 Å². The highest BCUT2D eigenvalue weighted by atomic mass is 16.5. The molecule has 0 saturated heterocycles. The van der Waals surface area contributed by atoms with Crippen molar-refractivity contribution >= 4 is 16.6 Å². The number of aromatic nitrogens is 3. The summed E-state index contributed by atoms with van der Waals surface area (Å²) in [6.07, 6.45) is 4.07. The summed E-state index contributed by atoms with van der Waals surface area (Å²) in [5.41, 5.74) is 5.32. The molecule has 4 rings (SSSR count). The highest BCUT2D eigenvalue weighted by molar-refractivity contribution is 5.95. The average Bonchev–Trinajstić information content (AvgIpc) is 3.09. The van der Waals surface area contributed by atoms with Crippen LogP contribution in [0.5, 0.6) is 5.75 Å². The summed E-state index contributed by atoms with van der Waals surface area (Å²) in [7, 11) is 1.68. The van der Waals surface area contributed by atoms with Crippen LogP contribution in [-0.2, 0) is 0 Å². The maximum absolute atomic E-state index is 5.20. The Bertz CT molecular complexity index is 932. The second kappa shape index (κ2) is 4.38. The van der Waals surface area contributed by atoms with Crippen LogP contribution in [0.15, 0.2) is 48.8 Å². The van der Waals surface area contributed by atoms with Crippen molar-refractivity contribution in [1.82, 2.24) is 14.4 Å². The maximum Gasteiger partial charge on any atom is 0.146 e. The Morgan fingerprint density at radius 3 is 2.71 bits per heavy atom. The third-order valence-corrected chi connectivity index (χ3v) is 3.74. The number of H-pyrrole nitrogens is 1. The molecule has 4 nitrogen and oxygen atoms in total. The van der Waals surface area contributed by atoms with Crippen molar-refractivity contribution in [3.8, 4) is 17.0 Å². The molecular formula is C17H15N3O. The van der Waals surface area contributed by atoms with Crippen LogP contribution in [0.1, 0.15) is 5.69 Å². The second-order valence-electron chi connectivity index (χ2n) is 5.17. The lowest BCUT2D eigenvalue weighted by Crippen LogP contribution is -1.82. The monoisotopic (exact) mass is 277 g/mol. The van der Waals surface area contributed by atoms with Crippen molar-refractivity contribution in [2.45, 2.75) is 6.92 Å². The van der Waals surface area contributed by atoms with Crippen LogP contribution in [-0.4, -0.2) is 21.5 Å². The SMILES string of the molecule is COc1ccc(-c2cc3c(ccn4cc(C)nc34)[nH]2)cc1.